The Morgan fingerprint density at radius 2 is 1.67 bits per heavy atom. The summed E-state index contributed by atoms with van der Waals surface area (Å²) >= 11 is 4.53. The van der Waals surface area contributed by atoms with Gasteiger partial charge in [0.2, 0.25) is 0 Å². The van der Waals surface area contributed by atoms with Crippen LogP contribution in [0.4, 0.5) is 0 Å². The van der Waals surface area contributed by atoms with Crippen LogP contribution in [0, 0.1) is 5.41 Å². The van der Waals surface area contributed by atoms with Crippen molar-refractivity contribution < 1.29 is 9.47 Å². The van der Waals surface area contributed by atoms with Gasteiger partial charge in [-0.05, 0) is 42.9 Å². The summed E-state index contributed by atoms with van der Waals surface area (Å²) in [6.07, 6.45) is 6.47. The molecular formula is C15H22O2S. The fourth-order valence-electron chi connectivity index (χ4n) is 2.56. The molecule has 0 saturated heterocycles. The molecule has 0 amide bonds. The van der Waals surface area contributed by atoms with Gasteiger partial charge in [0, 0.05) is 5.41 Å². The Hall–Kier alpha value is -0.830. The number of thiol groups is 1. The molecule has 0 N–H and O–H groups in total. The van der Waals surface area contributed by atoms with E-state index < -0.39 is 0 Å². The average Bonchev–Trinajstić information content (AvgIpc) is 2.47. The van der Waals surface area contributed by atoms with Gasteiger partial charge in [0.05, 0.1) is 13.7 Å². The minimum Gasteiger partial charge on any atom is -0.497 e. The lowest BCUT2D eigenvalue weighted by Gasteiger charge is -2.35. The SMILES string of the molecule is COc1ccc(OCC2(CS)CCCCC2)cc1. The fraction of sp³-hybridized carbons (Fsp3) is 0.600. The summed E-state index contributed by atoms with van der Waals surface area (Å²) in [5, 5.41) is 0. The normalized spacial score (nSPS) is 18.3. The van der Waals surface area contributed by atoms with Gasteiger partial charge in [0.25, 0.3) is 0 Å². The Labute approximate surface area is 115 Å². The van der Waals surface area contributed by atoms with Gasteiger partial charge in [-0.25, -0.2) is 0 Å². The van der Waals surface area contributed by atoms with Gasteiger partial charge in [-0.2, -0.15) is 12.6 Å². The van der Waals surface area contributed by atoms with Crippen LogP contribution in [0.25, 0.3) is 0 Å². The molecule has 1 fully saturated rings. The van der Waals surface area contributed by atoms with Gasteiger partial charge in [-0.3, -0.25) is 0 Å². The molecule has 0 unspecified atom stereocenters. The van der Waals surface area contributed by atoms with E-state index in [0.717, 1.165) is 23.9 Å². The van der Waals surface area contributed by atoms with Crippen molar-refractivity contribution in [2.24, 2.45) is 5.41 Å². The molecule has 0 radical (unpaired) electrons. The second kappa shape index (κ2) is 6.37. The summed E-state index contributed by atoms with van der Waals surface area (Å²) in [7, 11) is 1.67. The minimum absolute atomic E-state index is 0.279. The molecule has 3 heteroatoms. The largest absolute Gasteiger partial charge is 0.497 e. The molecule has 2 nitrogen and oxygen atoms in total. The van der Waals surface area contributed by atoms with E-state index in [0.29, 0.717) is 0 Å². The van der Waals surface area contributed by atoms with E-state index in [4.69, 9.17) is 9.47 Å². The molecule has 0 bridgehead atoms. The highest BCUT2D eigenvalue weighted by Gasteiger charge is 2.31. The van der Waals surface area contributed by atoms with Crippen LogP contribution in [0.3, 0.4) is 0 Å². The van der Waals surface area contributed by atoms with Crippen LogP contribution < -0.4 is 9.47 Å². The number of hydrogen-bond donors (Lipinski definition) is 1. The van der Waals surface area contributed by atoms with Crippen molar-refractivity contribution in [1.29, 1.82) is 0 Å². The monoisotopic (exact) mass is 266 g/mol. The molecule has 2 rings (SSSR count). The maximum Gasteiger partial charge on any atom is 0.119 e. The summed E-state index contributed by atoms with van der Waals surface area (Å²) in [4.78, 5) is 0. The molecule has 0 aromatic heterocycles. The Balaban J connectivity index is 1.92. The summed E-state index contributed by atoms with van der Waals surface area (Å²) in [5.74, 6) is 2.70. The van der Waals surface area contributed by atoms with Gasteiger partial charge >= 0.3 is 0 Å². The lowest BCUT2D eigenvalue weighted by atomic mass is 9.76. The first-order chi connectivity index (χ1) is 8.78. The first-order valence-electron chi connectivity index (χ1n) is 6.66. The predicted octanol–water partition coefficient (Wildman–Crippen LogP) is 3.95. The highest BCUT2D eigenvalue weighted by atomic mass is 32.1. The van der Waals surface area contributed by atoms with E-state index in [1.807, 2.05) is 24.3 Å². The highest BCUT2D eigenvalue weighted by Crippen LogP contribution is 2.37. The number of rotatable bonds is 5. The number of ether oxygens (including phenoxy) is 2. The first kappa shape index (κ1) is 13.6. The zero-order valence-corrected chi connectivity index (χ0v) is 11.9. The van der Waals surface area contributed by atoms with Crippen molar-refractivity contribution in [1.82, 2.24) is 0 Å². The summed E-state index contributed by atoms with van der Waals surface area (Å²) in [6.45, 7) is 0.781. The van der Waals surface area contributed by atoms with Crippen LogP contribution in [-0.2, 0) is 0 Å². The molecule has 1 aromatic carbocycles. The van der Waals surface area contributed by atoms with Crippen molar-refractivity contribution in [3.05, 3.63) is 24.3 Å². The molecule has 0 aliphatic heterocycles. The van der Waals surface area contributed by atoms with Gasteiger partial charge in [-0.15, -0.1) is 0 Å². The molecule has 1 aliphatic carbocycles. The third-order valence-electron chi connectivity index (χ3n) is 3.85. The third kappa shape index (κ3) is 3.35. The van der Waals surface area contributed by atoms with Gasteiger partial charge < -0.3 is 9.47 Å². The van der Waals surface area contributed by atoms with Crippen LogP contribution in [0.2, 0.25) is 0 Å². The Morgan fingerprint density at radius 1 is 1.06 bits per heavy atom. The van der Waals surface area contributed by atoms with E-state index in [1.54, 1.807) is 7.11 Å². The first-order valence-corrected chi connectivity index (χ1v) is 7.29. The molecule has 0 spiro atoms. The van der Waals surface area contributed by atoms with Crippen LogP contribution in [0.5, 0.6) is 11.5 Å². The van der Waals surface area contributed by atoms with Crippen LogP contribution in [-0.4, -0.2) is 19.5 Å². The topological polar surface area (TPSA) is 18.5 Å². The zero-order chi connectivity index (χ0) is 12.8. The summed E-state index contributed by atoms with van der Waals surface area (Å²) in [6, 6.07) is 7.80. The van der Waals surface area contributed by atoms with Crippen molar-refractivity contribution in [3.63, 3.8) is 0 Å². The van der Waals surface area contributed by atoms with Crippen LogP contribution in [0.1, 0.15) is 32.1 Å². The number of hydrogen-bond acceptors (Lipinski definition) is 3. The molecule has 0 heterocycles. The smallest absolute Gasteiger partial charge is 0.119 e. The van der Waals surface area contributed by atoms with E-state index in [2.05, 4.69) is 12.6 Å². The molecular weight excluding hydrogens is 244 g/mol. The van der Waals surface area contributed by atoms with E-state index >= 15 is 0 Å². The van der Waals surface area contributed by atoms with E-state index in [9.17, 15) is 0 Å². The number of methoxy groups -OCH3 is 1. The fourth-order valence-corrected chi connectivity index (χ4v) is 2.97. The molecule has 1 aromatic rings. The number of benzene rings is 1. The lowest BCUT2D eigenvalue weighted by molar-refractivity contribution is 0.121. The Bertz CT molecular complexity index is 355. The standard InChI is InChI=1S/C15H22O2S/c1-16-13-5-7-14(8-6-13)17-11-15(12-18)9-3-2-4-10-15/h5-8,18H,2-4,9-12H2,1H3. The quantitative estimate of drug-likeness (QED) is 0.813. The third-order valence-corrected chi connectivity index (χ3v) is 4.52. The van der Waals surface area contributed by atoms with Crippen molar-refractivity contribution >= 4 is 12.6 Å². The molecule has 1 saturated carbocycles. The molecule has 100 valence electrons. The minimum atomic E-state index is 0.279. The van der Waals surface area contributed by atoms with E-state index in [1.165, 1.54) is 32.1 Å². The van der Waals surface area contributed by atoms with Crippen LogP contribution >= 0.6 is 12.6 Å². The molecule has 18 heavy (non-hydrogen) atoms. The molecule has 1 aliphatic rings. The summed E-state index contributed by atoms with van der Waals surface area (Å²) in [5.41, 5.74) is 0.279. The maximum absolute atomic E-state index is 5.93. The van der Waals surface area contributed by atoms with Gasteiger partial charge in [0.15, 0.2) is 0 Å². The van der Waals surface area contributed by atoms with Crippen molar-refractivity contribution in [3.8, 4) is 11.5 Å². The summed E-state index contributed by atoms with van der Waals surface area (Å²) < 4.78 is 11.1. The highest BCUT2D eigenvalue weighted by molar-refractivity contribution is 7.80. The predicted molar refractivity (Wildman–Crippen MR) is 77.9 cm³/mol. The van der Waals surface area contributed by atoms with E-state index in [-0.39, 0.29) is 5.41 Å². The van der Waals surface area contributed by atoms with Crippen molar-refractivity contribution in [2.75, 3.05) is 19.5 Å². The Morgan fingerprint density at radius 3 is 2.22 bits per heavy atom. The second-order valence-corrected chi connectivity index (χ2v) is 5.50. The van der Waals surface area contributed by atoms with Gasteiger partial charge in [-0.1, -0.05) is 19.3 Å². The van der Waals surface area contributed by atoms with Gasteiger partial charge in [0.1, 0.15) is 11.5 Å². The van der Waals surface area contributed by atoms with Crippen LogP contribution in [0.15, 0.2) is 24.3 Å². The van der Waals surface area contributed by atoms with Crippen molar-refractivity contribution in [2.45, 2.75) is 32.1 Å². The zero-order valence-electron chi connectivity index (χ0n) is 11.0. The Kier molecular flexibility index (Phi) is 4.81. The second-order valence-electron chi connectivity index (χ2n) is 5.18. The molecule has 0 atom stereocenters. The lowest BCUT2D eigenvalue weighted by Crippen LogP contribution is -2.32. The maximum atomic E-state index is 5.93. The average molecular weight is 266 g/mol.